The molecule has 0 aromatic heterocycles. The van der Waals surface area contributed by atoms with Gasteiger partial charge in [-0.25, -0.2) is 0 Å². The third-order valence-electron chi connectivity index (χ3n) is 4.13. The molecule has 1 amide bonds. The zero-order valence-electron chi connectivity index (χ0n) is 13.2. The fourth-order valence-electron chi connectivity index (χ4n) is 2.72. The zero-order chi connectivity index (χ0) is 15.2. The van der Waals surface area contributed by atoms with Crippen LogP contribution in [0.1, 0.15) is 24.3 Å². The second-order valence-electron chi connectivity index (χ2n) is 5.40. The van der Waals surface area contributed by atoms with Crippen molar-refractivity contribution in [2.45, 2.75) is 24.9 Å². The number of carbonyl (C=O) groups excluding carboxylic acids is 1. The number of halogens is 1. The molecule has 124 valence electrons. The van der Waals surface area contributed by atoms with Crippen LogP contribution in [0.4, 0.5) is 0 Å². The van der Waals surface area contributed by atoms with Gasteiger partial charge in [0.1, 0.15) is 5.75 Å². The summed E-state index contributed by atoms with van der Waals surface area (Å²) in [7, 11) is 3.25. The van der Waals surface area contributed by atoms with Gasteiger partial charge in [0.15, 0.2) is 0 Å². The number of hydrogen-bond acceptors (Lipinski definition) is 4. The minimum atomic E-state index is -0.183. The van der Waals surface area contributed by atoms with Crippen molar-refractivity contribution in [3.63, 3.8) is 0 Å². The van der Waals surface area contributed by atoms with Gasteiger partial charge in [-0.05, 0) is 24.1 Å². The maximum absolute atomic E-state index is 12.2. The van der Waals surface area contributed by atoms with Crippen LogP contribution in [0.3, 0.4) is 0 Å². The topological polar surface area (TPSA) is 64.8 Å². The van der Waals surface area contributed by atoms with Crippen molar-refractivity contribution in [3.05, 3.63) is 29.8 Å². The number of benzene rings is 1. The average Bonchev–Trinajstić information content (AvgIpc) is 3.02. The first-order chi connectivity index (χ1) is 10.2. The van der Waals surface area contributed by atoms with Crippen LogP contribution in [0, 0.1) is 0 Å². The Kier molecular flexibility index (Phi) is 7.65. The van der Waals surface area contributed by atoms with Gasteiger partial charge in [-0.3, -0.25) is 4.79 Å². The van der Waals surface area contributed by atoms with E-state index >= 15 is 0 Å². The highest BCUT2D eigenvalue weighted by Gasteiger charge is 2.28. The van der Waals surface area contributed by atoms with Crippen LogP contribution in [0.15, 0.2) is 24.3 Å². The third kappa shape index (κ3) is 4.60. The first-order valence-electron chi connectivity index (χ1n) is 7.32. The molecule has 0 radical (unpaired) electrons. The van der Waals surface area contributed by atoms with E-state index in [9.17, 15) is 4.79 Å². The summed E-state index contributed by atoms with van der Waals surface area (Å²) in [6.07, 6.45) is 1.18. The molecule has 0 saturated carbocycles. The molecule has 1 aromatic rings. The lowest BCUT2D eigenvalue weighted by Gasteiger charge is -2.20. The number of likely N-dealkylation sites (tertiary alicyclic amines) is 1. The van der Waals surface area contributed by atoms with Crippen molar-refractivity contribution in [2.75, 3.05) is 33.9 Å². The highest BCUT2D eigenvalue weighted by atomic mass is 35.5. The number of rotatable bonds is 6. The summed E-state index contributed by atoms with van der Waals surface area (Å²) in [5.41, 5.74) is 6.83. The number of ether oxygens (including phenoxy) is 2. The van der Waals surface area contributed by atoms with Gasteiger partial charge < -0.3 is 20.1 Å². The standard InChI is InChI=1S/C16H24N2O3.ClH/c1-20-14-5-3-12(4-6-14)13-7-8-18(11-13)16(19)9-15(10-17)21-2;/h3-6,13,15H,7-11,17H2,1-2H3;1H. The zero-order valence-corrected chi connectivity index (χ0v) is 14.0. The highest BCUT2D eigenvalue weighted by Crippen LogP contribution is 2.28. The fourth-order valence-corrected chi connectivity index (χ4v) is 2.72. The van der Waals surface area contributed by atoms with Crippen LogP contribution in [-0.4, -0.2) is 50.8 Å². The molecule has 0 spiro atoms. The van der Waals surface area contributed by atoms with Gasteiger partial charge in [-0.15, -0.1) is 12.4 Å². The van der Waals surface area contributed by atoms with Gasteiger partial charge in [0.05, 0.1) is 19.6 Å². The molecule has 5 nitrogen and oxygen atoms in total. The Hall–Kier alpha value is -1.30. The van der Waals surface area contributed by atoms with Gasteiger partial charge in [0, 0.05) is 32.7 Å². The summed E-state index contributed by atoms with van der Waals surface area (Å²) in [6, 6.07) is 8.09. The lowest BCUT2D eigenvalue weighted by atomic mass is 9.98. The maximum atomic E-state index is 12.2. The largest absolute Gasteiger partial charge is 0.497 e. The van der Waals surface area contributed by atoms with E-state index in [4.69, 9.17) is 15.2 Å². The molecule has 2 atom stereocenters. The number of amides is 1. The van der Waals surface area contributed by atoms with E-state index < -0.39 is 0 Å². The molecule has 1 heterocycles. The van der Waals surface area contributed by atoms with Crippen LogP contribution in [0.5, 0.6) is 5.75 Å². The molecule has 2 unspecified atom stereocenters. The van der Waals surface area contributed by atoms with Crippen LogP contribution in [-0.2, 0) is 9.53 Å². The molecule has 1 aliphatic rings. The number of nitrogens with zero attached hydrogens (tertiary/aromatic N) is 1. The van der Waals surface area contributed by atoms with Crippen LogP contribution in [0.25, 0.3) is 0 Å². The van der Waals surface area contributed by atoms with E-state index in [0.717, 1.165) is 25.3 Å². The molecule has 1 saturated heterocycles. The Labute approximate surface area is 138 Å². The van der Waals surface area contributed by atoms with Crippen LogP contribution >= 0.6 is 12.4 Å². The normalized spacial score (nSPS) is 18.7. The number of hydrogen-bond donors (Lipinski definition) is 1. The molecule has 2 rings (SSSR count). The molecular formula is C16H25ClN2O3. The monoisotopic (exact) mass is 328 g/mol. The van der Waals surface area contributed by atoms with Crippen molar-refractivity contribution >= 4 is 18.3 Å². The van der Waals surface area contributed by atoms with Crippen LogP contribution in [0.2, 0.25) is 0 Å². The van der Waals surface area contributed by atoms with Crippen molar-refractivity contribution in [3.8, 4) is 5.75 Å². The van der Waals surface area contributed by atoms with Gasteiger partial charge in [-0.2, -0.15) is 0 Å². The second kappa shape index (κ2) is 8.98. The summed E-state index contributed by atoms with van der Waals surface area (Å²) in [4.78, 5) is 14.1. The van der Waals surface area contributed by atoms with E-state index in [1.54, 1.807) is 14.2 Å². The van der Waals surface area contributed by atoms with E-state index in [-0.39, 0.29) is 24.4 Å². The summed E-state index contributed by atoms with van der Waals surface area (Å²) in [6.45, 7) is 1.95. The summed E-state index contributed by atoms with van der Waals surface area (Å²) in [5.74, 6) is 1.39. The smallest absolute Gasteiger partial charge is 0.225 e. The van der Waals surface area contributed by atoms with E-state index in [0.29, 0.717) is 18.9 Å². The van der Waals surface area contributed by atoms with Gasteiger partial charge >= 0.3 is 0 Å². The molecule has 1 aromatic carbocycles. The number of methoxy groups -OCH3 is 2. The highest BCUT2D eigenvalue weighted by molar-refractivity contribution is 5.85. The SMILES string of the molecule is COc1ccc(C2CCN(C(=O)CC(CN)OC)C2)cc1.Cl. The molecule has 6 heteroatoms. The van der Waals surface area contributed by atoms with Gasteiger partial charge in [-0.1, -0.05) is 12.1 Å². The van der Waals surface area contributed by atoms with Gasteiger partial charge in [0.25, 0.3) is 0 Å². The van der Waals surface area contributed by atoms with E-state index in [2.05, 4.69) is 12.1 Å². The maximum Gasteiger partial charge on any atom is 0.225 e. The van der Waals surface area contributed by atoms with Crippen molar-refractivity contribution in [1.82, 2.24) is 4.90 Å². The van der Waals surface area contributed by atoms with Gasteiger partial charge in [0.2, 0.25) is 5.91 Å². The Morgan fingerprint density at radius 3 is 2.59 bits per heavy atom. The Balaban J connectivity index is 0.00000242. The van der Waals surface area contributed by atoms with E-state index in [1.165, 1.54) is 5.56 Å². The van der Waals surface area contributed by atoms with Crippen molar-refractivity contribution < 1.29 is 14.3 Å². The summed E-state index contributed by atoms with van der Waals surface area (Å²) in [5, 5.41) is 0. The Morgan fingerprint density at radius 2 is 2.05 bits per heavy atom. The minimum absolute atomic E-state index is 0. The van der Waals surface area contributed by atoms with Crippen molar-refractivity contribution in [1.29, 1.82) is 0 Å². The Bertz CT molecular complexity index is 463. The molecular weight excluding hydrogens is 304 g/mol. The number of nitrogens with two attached hydrogens (primary N) is 1. The van der Waals surface area contributed by atoms with Crippen LogP contribution < -0.4 is 10.5 Å². The number of carbonyl (C=O) groups is 1. The average molecular weight is 329 g/mol. The lowest BCUT2D eigenvalue weighted by molar-refractivity contribution is -0.132. The molecule has 0 bridgehead atoms. The van der Waals surface area contributed by atoms with E-state index in [1.807, 2.05) is 17.0 Å². The molecule has 22 heavy (non-hydrogen) atoms. The molecule has 1 aliphatic heterocycles. The quantitative estimate of drug-likeness (QED) is 0.864. The molecule has 0 aliphatic carbocycles. The predicted molar refractivity (Wildman–Crippen MR) is 88.6 cm³/mol. The second-order valence-corrected chi connectivity index (χ2v) is 5.40. The molecule has 2 N–H and O–H groups in total. The lowest BCUT2D eigenvalue weighted by Crippen LogP contribution is -2.34. The summed E-state index contributed by atoms with van der Waals surface area (Å²) < 4.78 is 10.3. The Morgan fingerprint density at radius 1 is 1.36 bits per heavy atom. The predicted octanol–water partition coefficient (Wildman–Crippen LogP) is 1.80. The molecule has 1 fully saturated rings. The van der Waals surface area contributed by atoms with Crippen molar-refractivity contribution in [2.24, 2.45) is 5.73 Å². The third-order valence-corrected chi connectivity index (χ3v) is 4.13. The summed E-state index contributed by atoms with van der Waals surface area (Å²) >= 11 is 0. The minimum Gasteiger partial charge on any atom is -0.497 e. The first-order valence-corrected chi connectivity index (χ1v) is 7.32. The first kappa shape index (κ1) is 18.7. The fraction of sp³-hybridized carbons (Fsp3) is 0.562.